The van der Waals surface area contributed by atoms with Crippen LogP contribution in [0.4, 0.5) is 0 Å². The molecule has 1 aromatic heterocycles. The van der Waals surface area contributed by atoms with Crippen molar-refractivity contribution in [1.29, 1.82) is 0 Å². The zero-order valence-corrected chi connectivity index (χ0v) is 8.90. The minimum absolute atomic E-state index is 0. The van der Waals surface area contributed by atoms with Crippen molar-refractivity contribution >= 4 is 12.4 Å². The molecule has 2 rings (SSSR count). The standard InChI is InChI=1S/C9H15N3.ClH/c1-7(2)12-9-3-4-10-5-8(9)6-11-12;/h6-7,10H,3-5H2,1-2H3;1H. The predicted octanol–water partition coefficient (Wildman–Crippen LogP) is 1.53. The Bertz CT molecular complexity index is 280. The first kappa shape index (κ1) is 10.5. The first-order valence-corrected chi connectivity index (χ1v) is 4.55. The molecular weight excluding hydrogens is 186 g/mol. The fourth-order valence-electron chi connectivity index (χ4n) is 1.72. The summed E-state index contributed by atoms with van der Waals surface area (Å²) in [5.74, 6) is 0. The Morgan fingerprint density at radius 2 is 2.31 bits per heavy atom. The number of aromatic nitrogens is 2. The molecule has 13 heavy (non-hydrogen) atoms. The van der Waals surface area contributed by atoms with Gasteiger partial charge < -0.3 is 5.32 Å². The fourth-order valence-corrected chi connectivity index (χ4v) is 1.72. The molecule has 0 unspecified atom stereocenters. The van der Waals surface area contributed by atoms with Crippen LogP contribution in [0.2, 0.25) is 0 Å². The first-order valence-electron chi connectivity index (χ1n) is 4.55. The lowest BCUT2D eigenvalue weighted by molar-refractivity contribution is 0.493. The lowest BCUT2D eigenvalue weighted by Crippen LogP contribution is -2.25. The second-order valence-corrected chi connectivity index (χ2v) is 3.58. The summed E-state index contributed by atoms with van der Waals surface area (Å²) < 4.78 is 2.14. The summed E-state index contributed by atoms with van der Waals surface area (Å²) in [6, 6.07) is 0.492. The molecule has 3 nitrogen and oxygen atoms in total. The average molecular weight is 202 g/mol. The molecule has 0 radical (unpaired) electrons. The SMILES string of the molecule is CC(C)n1ncc2c1CCNC2.Cl. The maximum atomic E-state index is 4.37. The molecule has 0 fully saturated rings. The zero-order chi connectivity index (χ0) is 8.55. The van der Waals surface area contributed by atoms with E-state index in [1.54, 1.807) is 0 Å². The van der Waals surface area contributed by atoms with Crippen molar-refractivity contribution in [2.24, 2.45) is 0 Å². The van der Waals surface area contributed by atoms with E-state index < -0.39 is 0 Å². The van der Waals surface area contributed by atoms with Crippen molar-refractivity contribution in [2.45, 2.75) is 32.9 Å². The van der Waals surface area contributed by atoms with Crippen molar-refractivity contribution < 1.29 is 0 Å². The summed E-state index contributed by atoms with van der Waals surface area (Å²) in [5, 5.41) is 7.71. The molecule has 1 aromatic rings. The summed E-state index contributed by atoms with van der Waals surface area (Å²) in [5.41, 5.74) is 2.79. The number of nitrogens with zero attached hydrogens (tertiary/aromatic N) is 2. The summed E-state index contributed by atoms with van der Waals surface area (Å²) >= 11 is 0. The molecule has 0 atom stereocenters. The highest BCUT2D eigenvalue weighted by Crippen LogP contribution is 2.16. The van der Waals surface area contributed by atoms with Gasteiger partial charge in [0.2, 0.25) is 0 Å². The molecule has 0 aromatic carbocycles. The summed E-state index contributed by atoms with van der Waals surface area (Å²) in [4.78, 5) is 0. The largest absolute Gasteiger partial charge is 0.312 e. The van der Waals surface area contributed by atoms with Crippen LogP contribution >= 0.6 is 12.4 Å². The Balaban J connectivity index is 0.000000845. The van der Waals surface area contributed by atoms with E-state index >= 15 is 0 Å². The van der Waals surface area contributed by atoms with Gasteiger partial charge in [-0.05, 0) is 13.8 Å². The van der Waals surface area contributed by atoms with Crippen LogP contribution in [0.1, 0.15) is 31.1 Å². The van der Waals surface area contributed by atoms with Gasteiger partial charge in [0.25, 0.3) is 0 Å². The van der Waals surface area contributed by atoms with Gasteiger partial charge in [-0.1, -0.05) is 0 Å². The Hall–Kier alpha value is -0.540. The highest BCUT2D eigenvalue weighted by molar-refractivity contribution is 5.85. The fraction of sp³-hybridized carbons (Fsp3) is 0.667. The van der Waals surface area contributed by atoms with Gasteiger partial charge in [0.05, 0.1) is 6.20 Å². The second-order valence-electron chi connectivity index (χ2n) is 3.58. The zero-order valence-electron chi connectivity index (χ0n) is 8.08. The molecule has 0 spiro atoms. The van der Waals surface area contributed by atoms with E-state index in [-0.39, 0.29) is 12.4 Å². The normalized spacial score (nSPS) is 15.3. The quantitative estimate of drug-likeness (QED) is 0.747. The predicted molar refractivity (Wildman–Crippen MR) is 55.3 cm³/mol. The lowest BCUT2D eigenvalue weighted by atomic mass is 10.1. The van der Waals surface area contributed by atoms with E-state index in [2.05, 4.69) is 28.9 Å². The van der Waals surface area contributed by atoms with Gasteiger partial charge in [-0.15, -0.1) is 12.4 Å². The Kier molecular flexibility index (Phi) is 3.33. The monoisotopic (exact) mass is 201 g/mol. The molecule has 0 saturated heterocycles. The van der Waals surface area contributed by atoms with Gasteiger partial charge in [-0.2, -0.15) is 5.10 Å². The number of fused-ring (bicyclic) bond motifs is 1. The molecule has 2 heterocycles. The molecule has 1 aliphatic heterocycles. The van der Waals surface area contributed by atoms with Crippen LogP contribution in [0.15, 0.2) is 6.20 Å². The molecule has 1 aliphatic rings. The number of rotatable bonds is 1. The van der Waals surface area contributed by atoms with Crippen LogP contribution in [0, 0.1) is 0 Å². The van der Waals surface area contributed by atoms with Crippen LogP contribution in [0.25, 0.3) is 0 Å². The van der Waals surface area contributed by atoms with Gasteiger partial charge in [-0.25, -0.2) is 0 Å². The smallest absolute Gasteiger partial charge is 0.0537 e. The maximum Gasteiger partial charge on any atom is 0.0537 e. The molecule has 0 amide bonds. The minimum Gasteiger partial charge on any atom is -0.312 e. The van der Waals surface area contributed by atoms with E-state index in [9.17, 15) is 0 Å². The van der Waals surface area contributed by atoms with Crippen LogP contribution in [-0.4, -0.2) is 16.3 Å². The van der Waals surface area contributed by atoms with Gasteiger partial charge in [0, 0.05) is 36.8 Å². The lowest BCUT2D eigenvalue weighted by Gasteiger charge is -2.16. The molecule has 74 valence electrons. The molecule has 0 bridgehead atoms. The van der Waals surface area contributed by atoms with Gasteiger partial charge in [-0.3, -0.25) is 4.68 Å². The Morgan fingerprint density at radius 3 is 3.00 bits per heavy atom. The molecule has 0 aliphatic carbocycles. The maximum absolute atomic E-state index is 4.37. The second kappa shape index (κ2) is 4.11. The van der Waals surface area contributed by atoms with Crippen molar-refractivity contribution in [2.75, 3.05) is 6.54 Å². The van der Waals surface area contributed by atoms with Crippen molar-refractivity contribution in [3.05, 3.63) is 17.5 Å². The molecule has 0 saturated carbocycles. The highest BCUT2D eigenvalue weighted by Gasteiger charge is 2.15. The van der Waals surface area contributed by atoms with E-state index in [0.29, 0.717) is 6.04 Å². The van der Waals surface area contributed by atoms with Crippen LogP contribution in [0.5, 0.6) is 0 Å². The summed E-state index contributed by atoms with van der Waals surface area (Å²) in [6.45, 7) is 6.43. The number of nitrogens with one attached hydrogen (secondary N) is 1. The highest BCUT2D eigenvalue weighted by atomic mass is 35.5. The van der Waals surface area contributed by atoms with Crippen molar-refractivity contribution in [1.82, 2.24) is 15.1 Å². The van der Waals surface area contributed by atoms with Crippen LogP contribution < -0.4 is 5.32 Å². The molecular formula is C9H16ClN3. The third-order valence-corrected chi connectivity index (χ3v) is 2.33. The third kappa shape index (κ3) is 1.86. The molecule has 1 N–H and O–H groups in total. The van der Waals surface area contributed by atoms with Crippen molar-refractivity contribution in [3.63, 3.8) is 0 Å². The average Bonchev–Trinajstić information content (AvgIpc) is 2.47. The topological polar surface area (TPSA) is 29.9 Å². The first-order chi connectivity index (χ1) is 5.79. The van der Waals surface area contributed by atoms with Crippen molar-refractivity contribution in [3.8, 4) is 0 Å². The van der Waals surface area contributed by atoms with Crippen LogP contribution in [0.3, 0.4) is 0 Å². The van der Waals surface area contributed by atoms with E-state index in [4.69, 9.17) is 0 Å². The number of hydrogen-bond acceptors (Lipinski definition) is 2. The van der Waals surface area contributed by atoms with Gasteiger partial charge in [0.1, 0.15) is 0 Å². The van der Waals surface area contributed by atoms with E-state index in [0.717, 1.165) is 19.5 Å². The number of hydrogen-bond donors (Lipinski definition) is 1. The van der Waals surface area contributed by atoms with E-state index in [1.165, 1.54) is 11.3 Å². The van der Waals surface area contributed by atoms with Gasteiger partial charge in [0.15, 0.2) is 0 Å². The van der Waals surface area contributed by atoms with Gasteiger partial charge >= 0.3 is 0 Å². The summed E-state index contributed by atoms with van der Waals surface area (Å²) in [7, 11) is 0. The Labute approximate surface area is 84.9 Å². The summed E-state index contributed by atoms with van der Waals surface area (Å²) in [6.07, 6.45) is 3.11. The number of halogens is 1. The Morgan fingerprint density at radius 1 is 1.54 bits per heavy atom. The van der Waals surface area contributed by atoms with E-state index in [1.807, 2.05) is 6.20 Å². The third-order valence-electron chi connectivity index (χ3n) is 2.33. The minimum atomic E-state index is 0. The van der Waals surface area contributed by atoms with Crippen LogP contribution in [-0.2, 0) is 13.0 Å². The molecule has 4 heteroatoms.